The first-order valence-corrected chi connectivity index (χ1v) is 10.7. The zero-order valence-corrected chi connectivity index (χ0v) is 18.5. The molecule has 2 N–H and O–H groups in total. The lowest BCUT2D eigenvalue weighted by molar-refractivity contribution is -0.261. The van der Waals surface area contributed by atoms with Gasteiger partial charge in [-0.3, -0.25) is 4.79 Å². The normalized spacial score (nSPS) is 17.1. The summed E-state index contributed by atoms with van der Waals surface area (Å²) in [5.41, 5.74) is 3.11. The van der Waals surface area contributed by atoms with E-state index < -0.39 is 5.79 Å². The molecule has 0 aliphatic carbocycles. The molecular formula is C25H27N3O4. The molecule has 4 rings (SSSR count). The molecule has 7 nitrogen and oxygen atoms in total. The Hall–Kier alpha value is -3.09. The second-order valence-corrected chi connectivity index (χ2v) is 8.57. The van der Waals surface area contributed by atoms with Gasteiger partial charge in [0.15, 0.2) is 5.79 Å². The van der Waals surface area contributed by atoms with Crippen molar-refractivity contribution in [3.05, 3.63) is 64.6 Å². The molecule has 3 aromatic rings. The number of fused-ring (bicyclic) bond motifs is 1. The third kappa shape index (κ3) is 4.71. The van der Waals surface area contributed by atoms with Crippen LogP contribution in [0.15, 0.2) is 58.4 Å². The van der Waals surface area contributed by atoms with Crippen molar-refractivity contribution < 1.29 is 14.3 Å². The van der Waals surface area contributed by atoms with Crippen LogP contribution in [0.5, 0.6) is 0 Å². The number of carbonyl (C=O) groups excluding carboxylic acids is 1. The lowest BCUT2D eigenvalue weighted by Gasteiger charge is -2.35. The van der Waals surface area contributed by atoms with Crippen LogP contribution in [0.2, 0.25) is 0 Å². The van der Waals surface area contributed by atoms with Crippen molar-refractivity contribution >= 4 is 22.5 Å². The number of hydrogen-bond donors (Lipinski definition) is 2. The Morgan fingerprint density at radius 1 is 1.19 bits per heavy atom. The highest BCUT2D eigenvalue weighted by molar-refractivity contribution is 5.97. The van der Waals surface area contributed by atoms with Crippen LogP contribution in [0.25, 0.3) is 21.9 Å². The van der Waals surface area contributed by atoms with Gasteiger partial charge in [0.2, 0.25) is 6.08 Å². The van der Waals surface area contributed by atoms with Gasteiger partial charge in [-0.05, 0) is 55.0 Å². The summed E-state index contributed by atoms with van der Waals surface area (Å²) in [6.07, 6.45) is 3.32. The Morgan fingerprint density at radius 2 is 1.91 bits per heavy atom. The number of rotatable bonds is 6. The maximum atomic E-state index is 12.8. The molecule has 7 heteroatoms. The summed E-state index contributed by atoms with van der Waals surface area (Å²) in [5, 5.41) is 5.09. The number of benzene rings is 2. The highest BCUT2D eigenvalue weighted by Crippen LogP contribution is 2.31. The molecule has 2 aromatic carbocycles. The molecular weight excluding hydrogens is 406 g/mol. The van der Waals surface area contributed by atoms with Gasteiger partial charge >= 0.3 is 0 Å². The van der Waals surface area contributed by atoms with Gasteiger partial charge in [0.05, 0.1) is 24.3 Å². The second kappa shape index (κ2) is 9.18. The number of H-pyrrole nitrogens is 1. The van der Waals surface area contributed by atoms with Crippen LogP contribution in [0.4, 0.5) is 5.69 Å². The van der Waals surface area contributed by atoms with E-state index in [4.69, 9.17) is 9.47 Å². The Morgan fingerprint density at radius 3 is 2.59 bits per heavy atom. The predicted octanol–water partition coefficient (Wildman–Crippen LogP) is 4.21. The number of nitrogens with one attached hydrogen (secondary N) is 2. The van der Waals surface area contributed by atoms with Crippen LogP contribution < -0.4 is 10.9 Å². The minimum atomic E-state index is -0.522. The van der Waals surface area contributed by atoms with Crippen LogP contribution in [0.1, 0.15) is 32.4 Å². The number of pyridine rings is 1. The SMILES string of the molecule is CC(NCC1COC(C)(C)OC1)c1c[nH]c(=O)c2c(-c3ccc(N=C=O)cc3)cccc12. The Kier molecular flexibility index (Phi) is 6.35. The van der Waals surface area contributed by atoms with Gasteiger partial charge in [0, 0.05) is 24.7 Å². The first-order chi connectivity index (χ1) is 15.4. The molecule has 1 saturated heterocycles. The molecule has 0 saturated carbocycles. The second-order valence-electron chi connectivity index (χ2n) is 8.57. The van der Waals surface area contributed by atoms with E-state index in [-0.39, 0.29) is 17.5 Å². The zero-order valence-electron chi connectivity index (χ0n) is 18.5. The molecule has 1 atom stereocenters. The van der Waals surface area contributed by atoms with Gasteiger partial charge in [-0.15, -0.1) is 0 Å². The number of aliphatic imine (C=N–C) groups is 1. The quantitative estimate of drug-likeness (QED) is 0.449. The number of hydrogen-bond acceptors (Lipinski definition) is 6. The minimum absolute atomic E-state index is 0.0174. The number of aromatic amines is 1. The standard InChI is InChI=1S/C25H27N3O4/c1-16(26-11-17-13-31-25(2,3)32-14-17)22-12-27-24(30)23-20(5-4-6-21(22)23)18-7-9-19(10-8-18)28-15-29/h4-10,12,16-17,26H,11,13-14H2,1-3H3,(H,27,30). The Bertz CT molecular complexity index is 1200. The minimum Gasteiger partial charge on any atom is -0.350 e. The Balaban J connectivity index is 1.61. The van der Waals surface area contributed by atoms with Crippen LogP contribution >= 0.6 is 0 Å². The molecule has 1 fully saturated rings. The van der Waals surface area contributed by atoms with Crippen LogP contribution in [-0.2, 0) is 14.3 Å². The van der Waals surface area contributed by atoms with Crippen molar-refractivity contribution in [2.45, 2.75) is 32.6 Å². The van der Waals surface area contributed by atoms with Gasteiger partial charge < -0.3 is 19.8 Å². The molecule has 1 unspecified atom stereocenters. The molecule has 166 valence electrons. The molecule has 1 aromatic heterocycles. The first kappa shape index (κ1) is 22.1. The van der Waals surface area contributed by atoms with E-state index in [9.17, 15) is 9.59 Å². The maximum Gasteiger partial charge on any atom is 0.256 e. The summed E-state index contributed by atoms with van der Waals surface area (Å²) in [6, 6.07) is 13.0. The fourth-order valence-corrected chi connectivity index (χ4v) is 4.00. The van der Waals surface area contributed by atoms with Gasteiger partial charge in [-0.1, -0.05) is 30.3 Å². The highest BCUT2D eigenvalue weighted by Gasteiger charge is 2.28. The summed E-state index contributed by atoms with van der Waals surface area (Å²) in [5.74, 6) is -0.256. The molecule has 0 amide bonds. The summed E-state index contributed by atoms with van der Waals surface area (Å²) in [6.45, 7) is 7.97. The maximum absolute atomic E-state index is 12.8. The van der Waals surface area contributed by atoms with Crippen LogP contribution in [-0.4, -0.2) is 36.6 Å². The fourth-order valence-electron chi connectivity index (χ4n) is 4.00. The summed E-state index contributed by atoms with van der Waals surface area (Å²) < 4.78 is 11.5. The molecule has 0 spiro atoms. The van der Waals surface area contributed by atoms with Gasteiger partial charge in [-0.2, -0.15) is 4.99 Å². The van der Waals surface area contributed by atoms with Crippen LogP contribution in [0.3, 0.4) is 0 Å². The topological polar surface area (TPSA) is 92.8 Å². The van der Waals surface area contributed by atoms with E-state index in [2.05, 4.69) is 22.2 Å². The summed E-state index contributed by atoms with van der Waals surface area (Å²) >= 11 is 0. The predicted molar refractivity (Wildman–Crippen MR) is 124 cm³/mol. The first-order valence-electron chi connectivity index (χ1n) is 10.7. The Labute approximate surface area is 186 Å². The lowest BCUT2D eigenvalue weighted by atomic mass is 9.95. The van der Waals surface area contributed by atoms with Crippen molar-refractivity contribution in [3.8, 4) is 11.1 Å². The molecule has 0 radical (unpaired) electrons. The molecule has 1 aliphatic rings. The average molecular weight is 434 g/mol. The molecule has 2 heterocycles. The molecule has 1 aliphatic heterocycles. The van der Waals surface area contributed by atoms with Crippen molar-refractivity contribution in [1.29, 1.82) is 0 Å². The van der Waals surface area contributed by atoms with Gasteiger partial charge in [-0.25, -0.2) is 4.79 Å². The van der Waals surface area contributed by atoms with E-state index in [1.54, 1.807) is 18.3 Å². The number of isocyanates is 1. The fraction of sp³-hybridized carbons (Fsp3) is 0.360. The largest absolute Gasteiger partial charge is 0.350 e. The monoisotopic (exact) mass is 433 g/mol. The van der Waals surface area contributed by atoms with E-state index in [0.29, 0.717) is 24.3 Å². The van der Waals surface area contributed by atoms with Gasteiger partial charge in [0.25, 0.3) is 5.56 Å². The number of nitrogens with zero attached hydrogens (tertiary/aromatic N) is 1. The summed E-state index contributed by atoms with van der Waals surface area (Å²) in [7, 11) is 0. The van der Waals surface area contributed by atoms with E-state index in [0.717, 1.165) is 28.6 Å². The van der Waals surface area contributed by atoms with Crippen molar-refractivity contribution in [2.24, 2.45) is 10.9 Å². The number of aromatic nitrogens is 1. The van der Waals surface area contributed by atoms with Gasteiger partial charge in [0.1, 0.15) is 0 Å². The average Bonchev–Trinajstić information content (AvgIpc) is 2.79. The van der Waals surface area contributed by atoms with E-state index in [1.807, 2.05) is 44.2 Å². The highest BCUT2D eigenvalue weighted by atomic mass is 16.7. The lowest BCUT2D eigenvalue weighted by Crippen LogP contribution is -2.43. The van der Waals surface area contributed by atoms with Crippen molar-refractivity contribution in [2.75, 3.05) is 19.8 Å². The third-order valence-electron chi connectivity index (χ3n) is 5.83. The zero-order chi connectivity index (χ0) is 22.7. The van der Waals surface area contributed by atoms with E-state index in [1.165, 1.54) is 6.08 Å². The van der Waals surface area contributed by atoms with E-state index >= 15 is 0 Å². The third-order valence-corrected chi connectivity index (χ3v) is 5.83. The molecule has 32 heavy (non-hydrogen) atoms. The molecule has 0 bridgehead atoms. The van der Waals surface area contributed by atoms with Crippen molar-refractivity contribution in [1.82, 2.24) is 10.3 Å². The number of ether oxygens (including phenoxy) is 2. The smallest absolute Gasteiger partial charge is 0.256 e. The van der Waals surface area contributed by atoms with Crippen molar-refractivity contribution in [3.63, 3.8) is 0 Å². The summed E-state index contributed by atoms with van der Waals surface area (Å²) in [4.78, 5) is 29.8. The van der Waals surface area contributed by atoms with Crippen LogP contribution in [0, 0.1) is 5.92 Å².